The number of hydrogen-bond acceptors (Lipinski definition) is 4. The SMILES string of the molecule is N[C@H](c1nc2cccc(F)c2c(=O)n1-c1cc[nH]n1)C1CC1. The van der Waals surface area contributed by atoms with Crippen LogP contribution in [0.1, 0.15) is 24.7 Å². The summed E-state index contributed by atoms with van der Waals surface area (Å²) in [5, 5.41) is 6.64. The van der Waals surface area contributed by atoms with Crippen molar-refractivity contribution in [1.82, 2.24) is 19.7 Å². The molecule has 6 nitrogen and oxygen atoms in total. The quantitative estimate of drug-likeness (QED) is 0.769. The molecule has 0 unspecified atom stereocenters. The zero-order chi connectivity index (χ0) is 15.3. The van der Waals surface area contributed by atoms with Gasteiger partial charge in [-0.2, -0.15) is 5.10 Å². The molecule has 2 heterocycles. The normalized spacial score (nSPS) is 16.1. The van der Waals surface area contributed by atoms with Crippen LogP contribution < -0.4 is 11.3 Å². The van der Waals surface area contributed by atoms with E-state index in [9.17, 15) is 9.18 Å². The largest absolute Gasteiger partial charge is 0.321 e. The van der Waals surface area contributed by atoms with E-state index in [1.54, 1.807) is 18.3 Å². The summed E-state index contributed by atoms with van der Waals surface area (Å²) < 4.78 is 15.4. The number of nitrogens with two attached hydrogens (primary N) is 1. The molecule has 0 aliphatic heterocycles. The molecule has 0 amide bonds. The third-order valence-corrected chi connectivity index (χ3v) is 4.02. The van der Waals surface area contributed by atoms with Gasteiger partial charge in [-0.1, -0.05) is 6.07 Å². The minimum absolute atomic E-state index is 0.0442. The maximum absolute atomic E-state index is 14.1. The summed E-state index contributed by atoms with van der Waals surface area (Å²) in [7, 11) is 0. The van der Waals surface area contributed by atoms with Crippen molar-refractivity contribution in [1.29, 1.82) is 0 Å². The molecule has 0 saturated heterocycles. The average Bonchev–Trinajstić information content (AvgIpc) is 3.22. The molecule has 0 radical (unpaired) electrons. The predicted octanol–water partition coefficient (Wildman–Crippen LogP) is 1.66. The molecule has 112 valence electrons. The number of benzene rings is 1. The number of fused-ring (bicyclic) bond motifs is 1. The number of nitrogens with zero attached hydrogens (tertiary/aromatic N) is 3. The van der Waals surface area contributed by atoms with Gasteiger partial charge in [0.2, 0.25) is 0 Å². The molecule has 1 aromatic carbocycles. The van der Waals surface area contributed by atoms with Crippen LogP contribution in [0.25, 0.3) is 16.7 Å². The summed E-state index contributed by atoms with van der Waals surface area (Å²) in [6.07, 6.45) is 3.62. The minimum Gasteiger partial charge on any atom is -0.321 e. The predicted molar refractivity (Wildman–Crippen MR) is 79.1 cm³/mol. The van der Waals surface area contributed by atoms with Gasteiger partial charge in [-0.25, -0.2) is 13.9 Å². The van der Waals surface area contributed by atoms with Crippen molar-refractivity contribution in [3.8, 4) is 5.82 Å². The summed E-state index contributed by atoms with van der Waals surface area (Å²) >= 11 is 0. The van der Waals surface area contributed by atoms with Crippen molar-refractivity contribution in [2.45, 2.75) is 18.9 Å². The summed E-state index contributed by atoms with van der Waals surface area (Å²) in [5.74, 6) is 0.514. The molecule has 1 saturated carbocycles. The Bertz CT molecular complexity index is 898. The van der Waals surface area contributed by atoms with Gasteiger partial charge < -0.3 is 5.73 Å². The summed E-state index contributed by atoms with van der Waals surface area (Å²) in [6.45, 7) is 0. The van der Waals surface area contributed by atoms with E-state index in [-0.39, 0.29) is 11.4 Å². The lowest BCUT2D eigenvalue weighted by Gasteiger charge is -2.16. The van der Waals surface area contributed by atoms with E-state index in [4.69, 9.17) is 5.73 Å². The van der Waals surface area contributed by atoms with Crippen LogP contribution in [-0.2, 0) is 0 Å². The maximum atomic E-state index is 14.1. The second-order valence-corrected chi connectivity index (χ2v) is 5.54. The van der Waals surface area contributed by atoms with E-state index in [0.717, 1.165) is 12.8 Å². The van der Waals surface area contributed by atoms with Gasteiger partial charge in [-0.15, -0.1) is 0 Å². The van der Waals surface area contributed by atoms with Gasteiger partial charge in [0.1, 0.15) is 17.0 Å². The highest BCUT2D eigenvalue weighted by molar-refractivity contribution is 5.78. The Hall–Kier alpha value is -2.54. The topological polar surface area (TPSA) is 89.6 Å². The van der Waals surface area contributed by atoms with Crippen LogP contribution >= 0.6 is 0 Å². The molecule has 3 aromatic rings. The molecule has 7 heteroatoms. The summed E-state index contributed by atoms with van der Waals surface area (Å²) in [4.78, 5) is 17.2. The van der Waals surface area contributed by atoms with Gasteiger partial charge in [-0.3, -0.25) is 9.89 Å². The fourth-order valence-corrected chi connectivity index (χ4v) is 2.70. The third kappa shape index (κ3) is 1.93. The van der Waals surface area contributed by atoms with Gasteiger partial charge >= 0.3 is 0 Å². The molecule has 1 fully saturated rings. The number of aromatic nitrogens is 4. The molecule has 3 N–H and O–H groups in total. The molecular formula is C15H14FN5O. The second-order valence-electron chi connectivity index (χ2n) is 5.54. The first-order valence-electron chi connectivity index (χ1n) is 7.13. The smallest absolute Gasteiger partial charge is 0.270 e. The first-order chi connectivity index (χ1) is 10.7. The highest BCUT2D eigenvalue weighted by atomic mass is 19.1. The van der Waals surface area contributed by atoms with E-state index >= 15 is 0 Å². The van der Waals surface area contributed by atoms with Crippen LogP contribution in [-0.4, -0.2) is 19.7 Å². The van der Waals surface area contributed by atoms with Gasteiger partial charge in [0, 0.05) is 12.3 Å². The van der Waals surface area contributed by atoms with Crippen molar-refractivity contribution in [2.75, 3.05) is 0 Å². The third-order valence-electron chi connectivity index (χ3n) is 4.02. The Morgan fingerprint density at radius 1 is 1.36 bits per heavy atom. The number of halogens is 1. The molecule has 22 heavy (non-hydrogen) atoms. The van der Waals surface area contributed by atoms with E-state index in [2.05, 4.69) is 15.2 Å². The second kappa shape index (κ2) is 4.74. The van der Waals surface area contributed by atoms with Gasteiger partial charge in [-0.05, 0) is 30.9 Å². The Kier molecular flexibility index (Phi) is 2.83. The van der Waals surface area contributed by atoms with Gasteiger partial charge in [0.05, 0.1) is 11.6 Å². The van der Waals surface area contributed by atoms with Crippen LogP contribution in [0.4, 0.5) is 4.39 Å². The van der Waals surface area contributed by atoms with E-state index in [1.165, 1.54) is 16.7 Å². The lowest BCUT2D eigenvalue weighted by Crippen LogP contribution is -2.30. The Morgan fingerprint density at radius 3 is 2.86 bits per heavy atom. The summed E-state index contributed by atoms with van der Waals surface area (Å²) in [6, 6.07) is 5.68. The monoisotopic (exact) mass is 299 g/mol. The molecule has 0 bridgehead atoms. The lowest BCUT2D eigenvalue weighted by atomic mass is 10.1. The molecular weight excluding hydrogens is 285 g/mol. The van der Waals surface area contributed by atoms with Crippen LogP contribution in [0.3, 0.4) is 0 Å². The molecule has 2 aromatic heterocycles. The maximum Gasteiger partial charge on any atom is 0.270 e. The van der Waals surface area contributed by atoms with Crippen molar-refractivity contribution in [3.05, 3.63) is 52.5 Å². The minimum atomic E-state index is -0.592. The van der Waals surface area contributed by atoms with Crippen LogP contribution in [0.15, 0.2) is 35.3 Å². The van der Waals surface area contributed by atoms with E-state index in [1.807, 2.05) is 0 Å². The Balaban J connectivity index is 2.08. The lowest BCUT2D eigenvalue weighted by molar-refractivity contribution is 0.569. The molecule has 4 rings (SSSR count). The zero-order valence-corrected chi connectivity index (χ0v) is 11.7. The van der Waals surface area contributed by atoms with Crippen molar-refractivity contribution < 1.29 is 4.39 Å². The van der Waals surface area contributed by atoms with Crippen molar-refractivity contribution in [3.63, 3.8) is 0 Å². The first-order valence-corrected chi connectivity index (χ1v) is 7.13. The molecule has 1 atom stereocenters. The van der Waals surface area contributed by atoms with Crippen molar-refractivity contribution in [2.24, 2.45) is 11.7 Å². The fourth-order valence-electron chi connectivity index (χ4n) is 2.70. The Morgan fingerprint density at radius 2 is 2.18 bits per heavy atom. The van der Waals surface area contributed by atoms with Crippen molar-refractivity contribution >= 4 is 10.9 Å². The van der Waals surface area contributed by atoms with Crippen LogP contribution in [0.2, 0.25) is 0 Å². The number of hydrogen-bond donors (Lipinski definition) is 2. The Labute approximate surface area is 124 Å². The molecule has 1 aliphatic rings. The fraction of sp³-hybridized carbons (Fsp3) is 0.267. The van der Waals surface area contributed by atoms with E-state index in [0.29, 0.717) is 23.1 Å². The van der Waals surface area contributed by atoms with E-state index < -0.39 is 11.4 Å². The molecule has 1 aliphatic carbocycles. The summed E-state index contributed by atoms with van der Waals surface area (Å²) in [5.41, 5.74) is 6.09. The number of nitrogens with one attached hydrogen (secondary N) is 1. The highest BCUT2D eigenvalue weighted by Gasteiger charge is 2.33. The first kappa shape index (κ1) is 13.1. The standard InChI is InChI=1S/C15H14FN5O/c16-9-2-1-3-10-12(9)15(22)21(11-6-7-18-20-11)14(19-10)13(17)8-4-5-8/h1-3,6-8,13H,4-5,17H2,(H,18,20)/t13-/m0/s1. The number of rotatable bonds is 3. The van der Waals surface area contributed by atoms with Gasteiger partial charge in [0.15, 0.2) is 5.82 Å². The van der Waals surface area contributed by atoms with Gasteiger partial charge in [0.25, 0.3) is 5.56 Å². The average molecular weight is 299 g/mol. The zero-order valence-electron chi connectivity index (χ0n) is 11.7. The number of aromatic amines is 1. The highest BCUT2D eigenvalue weighted by Crippen LogP contribution is 2.39. The molecule has 0 spiro atoms. The van der Waals surface area contributed by atoms with Crippen LogP contribution in [0, 0.1) is 11.7 Å². The number of H-pyrrole nitrogens is 1. The van der Waals surface area contributed by atoms with Crippen LogP contribution in [0.5, 0.6) is 0 Å².